The molecule has 8 aromatic rings. The minimum absolute atomic E-state index is 0.458. The van der Waals surface area contributed by atoms with Gasteiger partial charge in [-0.2, -0.15) is 0 Å². The second kappa shape index (κ2) is 13.6. The number of nitrogens with zero attached hydrogens (tertiary/aromatic N) is 2. The Balaban J connectivity index is 1.13. The molecule has 4 heteroatoms. The molecule has 4 nitrogen and oxygen atoms in total. The van der Waals surface area contributed by atoms with E-state index >= 15 is 0 Å². The highest BCUT2D eigenvalue weighted by Gasteiger charge is 2.27. The van der Waals surface area contributed by atoms with E-state index in [-0.39, 0.29) is 0 Å². The topological polar surface area (TPSA) is 28.9 Å². The molecule has 58 heavy (non-hydrogen) atoms. The van der Waals surface area contributed by atoms with Crippen LogP contribution in [-0.2, 0) is 0 Å². The summed E-state index contributed by atoms with van der Waals surface area (Å²) >= 11 is 0. The van der Waals surface area contributed by atoms with Crippen LogP contribution in [0, 0.1) is 47.5 Å². The van der Waals surface area contributed by atoms with E-state index < -0.39 is 0 Å². The van der Waals surface area contributed by atoms with Gasteiger partial charge in [0.2, 0.25) is 0 Å². The van der Waals surface area contributed by atoms with E-state index in [0.29, 0.717) is 5.92 Å². The molecule has 0 amide bonds. The molecular formula is C54H48N2O2. The van der Waals surface area contributed by atoms with Crippen molar-refractivity contribution >= 4 is 61.1 Å². The summed E-state index contributed by atoms with van der Waals surface area (Å²) < 4.78 is 13.8. The summed E-state index contributed by atoms with van der Waals surface area (Å²) in [6, 6.07) is 42.3. The van der Waals surface area contributed by atoms with Crippen LogP contribution < -0.4 is 14.5 Å². The third kappa shape index (κ3) is 6.15. The number of allylic oxidation sites excluding steroid dienone is 4. The van der Waals surface area contributed by atoms with E-state index in [4.69, 9.17) is 9.15 Å². The Bertz CT molecular complexity index is 2960. The average molecular weight is 757 g/mol. The first-order valence-electron chi connectivity index (χ1n) is 20.4. The molecule has 2 aliphatic rings. The van der Waals surface area contributed by atoms with Gasteiger partial charge in [-0.05, 0) is 178 Å². The van der Waals surface area contributed by atoms with Crippen LogP contribution in [0.15, 0.2) is 143 Å². The Morgan fingerprint density at radius 2 is 1.07 bits per heavy atom. The van der Waals surface area contributed by atoms with Crippen molar-refractivity contribution in [3.63, 3.8) is 0 Å². The summed E-state index contributed by atoms with van der Waals surface area (Å²) in [5.74, 6) is 2.15. The lowest BCUT2D eigenvalue weighted by molar-refractivity contribution is 0.487. The smallest absolute Gasteiger partial charge is 0.137 e. The predicted octanol–water partition coefficient (Wildman–Crippen LogP) is 15.8. The maximum absolute atomic E-state index is 6.90. The van der Waals surface area contributed by atoms with Gasteiger partial charge in [-0.15, -0.1) is 0 Å². The van der Waals surface area contributed by atoms with Crippen molar-refractivity contribution in [2.24, 2.45) is 5.92 Å². The van der Waals surface area contributed by atoms with Crippen molar-refractivity contribution in [2.75, 3.05) is 9.80 Å². The largest absolute Gasteiger partial charge is 0.456 e. The monoisotopic (exact) mass is 756 g/mol. The fourth-order valence-corrected chi connectivity index (χ4v) is 9.75. The summed E-state index contributed by atoms with van der Waals surface area (Å²) in [5, 5.41) is 4.46. The molecule has 0 saturated heterocycles. The van der Waals surface area contributed by atoms with Gasteiger partial charge in [-0.3, -0.25) is 0 Å². The third-order valence-electron chi connectivity index (χ3n) is 11.7. The number of hydrogen-bond donors (Lipinski definition) is 0. The summed E-state index contributed by atoms with van der Waals surface area (Å²) in [6.07, 6.45) is 5.67. The minimum Gasteiger partial charge on any atom is -0.456 e. The van der Waals surface area contributed by atoms with Crippen LogP contribution in [0.1, 0.15) is 53.6 Å². The molecule has 286 valence electrons. The van der Waals surface area contributed by atoms with Crippen LogP contribution in [0.2, 0.25) is 0 Å². The van der Waals surface area contributed by atoms with Gasteiger partial charge >= 0.3 is 0 Å². The minimum atomic E-state index is 0.458. The quantitative estimate of drug-likeness (QED) is 0.169. The Kier molecular flexibility index (Phi) is 8.38. The van der Waals surface area contributed by atoms with Crippen molar-refractivity contribution in [1.82, 2.24) is 0 Å². The number of fused-ring (bicyclic) bond motifs is 6. The van der Waals surface area contributed by atoms with Crippen molar-refractivity contribution in [2.45, 2.75) is 61.8 Å². The third-order valence-corrected chi connectivity index (χ3v) is 11.7. The van der Waals surface area contributed by atoms with Gasteiger partial charge in [0.1, 0.15) is 22.7 Å². The first-order valence-corrected chi connectivity index (χ1v) is 20.4. The Hall–Kier alpha value is -6.52. The van der Waals surface area contributed by atoms with Crippen LogP contribution in [0.3, 0.4) is 0 Å². The molecule has 0 spiro atoms. The lowest BCUT2D eigenvalue weighted by atomic mass is 9.91. The second-order valence-corrected chi connectivity index (χ2v) is 17.0. The van der Waals surface area contributed by atoms with Crippen LogP contribution in [-0.4, -0.2) is 0 Å². The summed E-state index contributed by atoms with van der Waals surface area (Å²) in [4.78, 5) is 4.78. The fraction of sp³-hybridized carbons (Fsp3) is 0.185. The average Bonchev–Trinajstić information content (AvgIpc) is 3.51. The van der Waals surface area contributed by atoms with Gasteiger partial charge in [0.15, 0.2) is 0 Å². The van der Waals surface area contributed by atoms with Gasteiger partial charge in [0.05, 0.1) is 0 Å². The number of anilines is 5. The molecule has 2 heterocycles. The van der Waals surface area contributed by atoms with Gasteiger partial charge in [-0.1, -0.05) is 48.9 Å². The molecule has 1 aliphatic heterocycles. The SMILES string of the molecule is CC1=CC(C)CC(N(c2cc(C)cc(C)c2)c2ccc3c(c2)oc2cc4c5c(cccc5c23)Oc2cc(N(c3cc(C)cc(C)c3)c3cc(C)cc(C)c3)ccc2-4)=C1. The van der Waals surface area contributed by atoms with E-state index in [0.717, 1.165) is 84.5 Å². The van der Waals surface area contributed by atoms with Crippen molar-refractivity contribution in [3.8, 4) is 22.6 Å². The molecule has 0 N–H and O–H groups in total. The number of aryl methyl sites for hydroxylation is 6. The van der Waals surface area contributed by atoms with Crippen LogP contribution in [0.25, 0.3) is 43.8 Å². The number of hydrogen-bond acceptors (Lipinski definition) is 4. The Morgan fingerprint density at radius 1 is 0.483 bits per heavy atom. The van der Waals surface area contributed by atoms with Crippen LogP contribution in [0.4, 0.5) is 28.4 Å². The van der Waals surface area contributed by atoms with E-state index in [1.807, 2.05) is 0 Å². The molecular weight excluding hydrogens is 709 g/mol. The molecule has 0 radical (unpaired) electrons. The Morgan fingerprint density at radius 3 is 1.69 bits per heavy atom. The zero-order chi connectivity index (χ0) is 40.0. The molecule has 7 aromatic carbocycles. The fourth-order valence-electron chi connectivity index (χ4n) is 9.75. The van der Waals surface area contributed by atoms with Crippen molar-refractivity contribution in [3.05, 3.63) is 172 Å². The molecule has 0 fully saturated rings. The van der Waals surface area contributed by atoms with Gasteiger partial charge in [0, 0.05) is 73.6 Å². The van der Waals surface area contributed by atoms with Crippen LogP contribution in [0.5, 0.6) is 11.5 Å². The highest BCUT2D eigenvalue weighted by Crippen LogP contribution is 2.52. The van der Waals surface area contributed by atoms with Crippen molar-refractivity contribution < 1.29 is 9.15 Å². The maximum atomic E-state index is 6.90. The van der Waals surface area contributed by atoms with E-state index in [9.17, 15) is 0 Å². The zero-order valence-electron chi connectivity index (χ0n) is 34.6. The van der Waals surface area contributed by atoms with Crippen molar-refractivity contribution in [1.29, 1.82) is 0 Å². The summed E-state index contributed by atoms with van der Waals surface area (Å²) in [5.41, 5.74) is 19.5. The lowest BCUT2D eigenvalue weighted by Crippen LogP contribution is -2.20. The predicted molar refractivity (Wildman–Crippen MR) is 244 cm³/mol. The second-order valence-electron chi connectivity index (χ2n) is 17.0. The lowest BCUT2D eigenvalue weighted by Gasteiger charge is -2.31. The highest BCUT2D eigenvalue weighted by molar-refractivity contribution is 6.24. The normalized spacial score (nSPS) is 14.7. The molecule has 1 atom stereocenters. The highest BCUT2D eigenvalue weighted by atomic mass is 16.5. The first-order chi connectivity index (χ1) is 27.9. The zero-order valence-corrected chi connectivity index (χ0v) is 34.6. The molecule has 1 unspecified atom stereocenters. The number of furan rings is 1. The molecule has 10 rings (SSSR count). The molecule has 0 bridgehead atoms. The van der Waals surface area contributed by atoms with E-state index in [1.165, 1.54) is 50.3 Å². The Labute approximate surface area is 341 Å². The van der Waals surface area contributed by atoms with E-state index in [2.05, 4.69) is 193 Å². The standard InChI is InChI=1S/C54H48N2O2/c1-31-16-32(2)21-41(20-31)55(42-22-33(3)17-34(4)23-42)39-12-14-45-48-30-52-53(47-10-9-11-49(54(47)48)57-50(45)28-39)46-15-13-40(29-51(46)58-52)56(43-24-35(5)18-36(6)25-43)44-26-37(7)19-38(8)27-44/h9-26,28-30,38H,27H2,1-8H3. The number of benzene rings is 7. The summed E-state index contributed by atoms with van der Waals surface area (Å²) in [7, 11) is 0. The molecule has 1 aromatic heterocycles. The van der Waals surface area contributed by atoms with Crippen LogP contribution >= 0.6 is 0 Å². The number of ether oxygens (including phenoxy) is 1. The van der Waals surface area contributed by atoms with Gasteiger partial charge in [-0.25, -0.2) is 0 Å². The molecule has 1 aliphatic carbocycles. The number of rotatable bonds is 6. The maximum Gasteiger partial charge on any atom is 0.137 e. The first kappa shape index (κ1) is 35.9. The summed E-state index contributed by atoms with van der Waals surface area (Å²) in [6.45, 7) is 17.5. The van der Waals surface area contributed by atoms with E-state index in [1.54, 1.807) is 0 Å². The van der Waals surface area contributed by atoms with Gasteiger partial charge in [0.25, 0.3) is 0 Å². The molecule has 0 saturated carbocycles. The van der Waals surface area contributed by atoms with Gasteiger partial charge < -0.3 is 19.0 Å².